The van der Waals surface area contributed by atoms with Crippen LogP contribution < -0.4 is 9.47 Å². The molecule has 2 rings (SSSR count). The minimum Gasteiger partial charge on any atom is -0.497 e. The molecule has 3 nitrogen and oxygen atoms in total. The number of aliphatic hydroxyl groups is 1. The number of methoxy groups -OCH3 is 2. The van der Waals surface area contributed by atoms with E-state index in [0.717, 1.165) is 11.1 Å². The molecule has 0 aliphatic carbocycles. The maximum atomic E-state index is 10.6. The van der Waals surface area contributed by atoms with Gasteiger partial charge in [-0.15, -0.1) is 0 Å². The van der Waals surface area contributed by atoms with Gasteiger partial charge < -0.3 is 14.6 Å². The molecule has 0 radical (unpaired) electrons. The van der Waals surface area contributed by atoms with Crippen LogP contribution in [-0.2, 0) is 0 Å². The molecule has 2 aromatic carbocycles. The number of rotatable bonds is 4. The summed E-state index contributed by atoms with van der Waals surface area (Å²) in [6.07, 6.45) is -0.797. The highest BCUT2D eigenvalue weighted by Crippen LogP contribution is 2.35. The Morgan fingerprint density at radius 3 is 2.45 bits per heavy atom. The third-order valence-corrected chi connectivity index (χ3v) is 3.75. The van der Waals surface area contributed by atoms with Gasteiger partial charge in [0.25, 0.3) is 0 Å². The average Bonchev–Trinajstić information content (AvgIpc) is 2.48. The fraction of sp³-hybridized carbons (Fsp3) is 0.250. The number of ether oxygens (including phenoxy) is 2. The van der Waals surface area contributed by atoms with Gasteiger partial charge in [-0.3, -0.25) is 0 Å². The quantitative estimate of drug-likeness (QED) is 0.933. The zero-order valence-corrected chi connectivity index (χ0v) is 12.4. The molecule has 0 aliphatic heterocycles. The number of hydrogen-bond donors (Lipinski definition) is 1. The predicted molar refractivity (Wildman–Crippen MR) is 79.8 cm³/mol. The van der Waals surface area contributed by atoms with Gasteiger partial charge in [0.05, 0.1) is 14.2 Å². The first-order valence-corrected chi connectivity index (χ1v) is 6.61. The second-order valence-electron chi connectivity index (χ2n) is 4.46. The normalized spacial score (nSPS) is 12.1. The Morgan fingerprint density at radius 2 is 1.80 bits per heavy atom. The van der Waals surface area contributed by atoms with E-state index in [-0.39, 0.29) is 0 Å². The molecule has 0 amide bonds. The lowest BCUT2D eigenvalue weighted by Crippen LogP contribution is -2.04. The monoisotopic (exact) mass is 292 g/mol. The van der Waals surface area contributed by atoms with Crippen molar-refractivity contribution in [3.63, 3.8) is 0 Å². The zero-order valence-electron chi connectivity index (χ0n) is 11.7. The van der Waals surface area contributed by atoms with E-state index in [9.17, 15) is 5.11 Å². The van der Waals surface area contributed by atoms with Crippen molar-refractivity contribution >= 4 is 11.6 Å². The fourth-order valence-corrected chi connectivity index (χ4v) is 2.31. The van der Waals surface area contributed by atoms with E-state index in [1.165, 1.54) is 0 Å². The fourth-order valence-electron chi connectivity index (χ4n) is 2.13. The van der Waals surface area contributed by atoms with Crippen molar-refractivity contribution in [1.82, 2.24) is 0 Å². The molecule has 4 heteroatoms. The maximum Gasteiger partial charge on any atom is 0.128 e. The average molecular weight is 293 g/mol. The van der Waals surface area contributed by atoms with Gasteiger partial charge >= 0.3 is 0 Å². The smallest absolute Gasteiger partial charge is 0.128 e. The SMILES string of the molecule is COc1ccc(C(O)c2cccc(Cl)c2C)c(OC)c1. The number of hydrogen-bond acceptors (Lipinski definition) is 3. The molecule has 0 saturated carbocycles. The van der Waals surface area contributed by atoms with Crippen LogP contribution in [0.1, 0.15) is 22.8 Å². The molecular weight excluding hydrogens is 276 g/mol. The lowest BCUT2D eigenvalue weighted by molar-refractivity contribution is 0.213. The highest BCUT2D eigenvalue weighted by molar-refractivity contribution is 6.31. The highest BCUT2D eigenvalue weighted by Gasteiger charge is 2.18. The Balaban J connectivity index is 2.47. The van der Waals surface area contributed by atoms with Crippen molar-refractivity contribution in [2.24, 2.45) is 0 Å². The molecule has 106 valence electrons. The van der Waals surface area contributed by atoms with Crippen molar-refractivity contribution in [2.75, 3.05) is 14.2 Å². The third-order valence-electron chi connectivity index (χ3n) is 3.34. The summed E-state index contributed by atoms with van der Waals surface area (Å²) in [6, 6.07) is 10.8. The summed E-state index contributed by atoms with van der Waals surface area (Å²) in [5.74, 6) is 1.26. The molecule has 0 bridgehead atoms. The number of aliphatic hydroxyl groups excluding tert-OH is 1. The summed E-state index contributed by atoms with van der Waals surface area (Å²) in [4.78, 5) is 0. The standard InChI is InChI=1S/C16H17ClO3/c1-10-12(5-4-6-14(10)17)16(18)13-8-7-11(19-2)9-15(13)20-3/h4-9,16,18H,1-3H3. The van der Waals surface area contributed by atoms with Gasteiger partial charge in [-0.05, 0) is 36.2 Å². The lowest BCUT2D eigenvalue weighted by atomic mass is 9.96. The largest absolute Gasteiger partial charge is 0.497 e. The maximum absolute atomic E-state index is 10.6. The van der Waals surface area contributed by atoms with Gasteiger partial charge in [-0.25, -0.2) is 0 Å². The Labute approximate surface area is 123 Å². The van der Waals surface area contributed by atoms with Gasteiger partial charge in [0.1, 0.15) is 17.6 Å². The van der Waals surface area contributed by atoms with Crippen LogP contribution in [0.2, 0.25) is 5.02 Å². The molecule has 0 spiro atoms. The van der Waals surface area contributed by atoms with Crippen molar-refractivity contribution < 1.29 is 14.6 Å². The molecule has 0 heterocycles. The van der Waals surface area contributed by atoms with E-state index < -0.39 is 6.10 Å². The van der Waals surface area contributed by atoms with Crippen LogP contribution in [0, 0.1) is 6.92 Å². The van der Waals surface area contributed by atoms with Gasteiger partial charge in [0.2, 0.25) is 0 Å². The van der Waals surface area contributed by atoms with E-state index >= 15 is 0 Å². The zero-order chi connectivity index (χ0) is 14.7. The highest BCUT2D eigenvalue weighted by atomic mass is 35.5. The second-order valence-corrected chi connectivity index (χ2v) is 4.87. The Bertz CT molecular complexity index is 611. The van der Waals surface area contributed by atoms with Crippen molar-refractivity contribution in [1.29, 1.82) is 0 Å². The Morgan fingerprint density at radius 1 is 1.05 bits per heavy atom. The van der Waals surface area contributed by atoms with E-state index in [0.29, 0.717) is 22.1 Å². The first-order valence-electron chi connectivity index (χ1n) is 6.23. The summed E-state index contributed by atoms with van der Waals surface area (Å²) in [5.41, 5.74) is 2.30. The Kier molecular flexibility index (Phi) is 4.53. The van der Waals surface area contributed by atoms with Crippen LogP contribution in [0.5, 0.6) is 11.5 Å². The first kappa shape index (κ1) is 14.7. The molecule has 20 heavy (non-hydrogen) atoms. The summed E-state index contributed by atoms with van der Waals surface area (Å²) >= 11 is 6.10. The van der Waals surface area contributed by atoms with Crippen LogP contribution in [0.15, 0.2) is 36.4 Å². The molecule has 1 unspecified atom stereocenters. The molecule has 1 atom stereocenters. The molecule has 0 fully saturated rings. The molecule has 1 N–H and O–H groups in total. The first-order chi connectivity index (χ1) is 9.58. The van der Waals surface area contributed by atoms with Gasteiger partial charge in [0, 0.05) is 16.7 Å². The minimum atomic E-state index is -0.797. The van der Waals surface area contributed by atoms with Gasteiger partial charge in [-0.1, -0.05) is 23.7 Å². The van der Waals surface area contributed by atoms with Gasteiger partial charge in [-0.2, -0.15) is 0 Å². The number of halogens is 1. The topological polar surface area (TPSA) is 38.7 Å². The van der Waals surface area contributed by atoms with Crippen molar-refractivity contribution in [2.45, 2.75) is 13.0 Å². The van der Waals surface area contributed by atoms with Crippen molar-refractivity contribution in [3.05, 3.63) is 58.1 Å². The molecule has 0 aliphatic rings. The molecule has 0 aromatic heterocycles. The van der Waals surface area contributed by atoms with Crippen LogP contribution >= 0.6 is 11.6 Å². The molecular formula is C16H17ClO3. The third kappa shape index (κ3) is 2.74. The predicted octanol–water partition coefficient (Wildman–Crippen LogP) is 3.75. The number of benzene rings is 2. The molecule has 0 saturated heterocycles. The minimum absolute atomic E-state index is 0.580. The van der Waals surface area contributed by atoms with Crippen LogP contribution in [-0.4, -0.2) is 19.3 Å². The van der Waals surface area contributed by atoms with E-state index in [2.05, 4.69) is 0 Å². The summed E-state index contributed by atoms with van der Waals surface area (Å²) in [5, 5.41) is 11.2. The van der Waals surface area contributed by atoms with E-state index in [1.807, 2.05) is 19.1 Å². The van der Waals surface area contributed by atoms with Crippen LogP contribution in [0.4, 0.5) is 0 Å². The summed E-state index contributed by atoms with van der Waals surface area (Å²) in [6.45, 7) is 1.89. The van der Waals surface area contributed by atoms with Crippen LogP contribution in [0.25, 0.3) is 0 Å². The Hall–Kier alpha value is -1.71. The lowest BCUT2D eigenvalue weighted by Gasteiger charge is -2.18. The van der Waals surface area contributed by atoms with Crippen LogP contribution in [0.3, 0.4) is 0 Å². The molecule has 2 aromatic rings. The van der Waals surface area contributed by atoms with E-state index in [4.69, 9.17) is 21.1 Å². The van der Waals surface area contributed by atoms with Gasteiger partial charge in [0.15, 0.2) is 0 Å². The summed E-state index contributed by atoms with van der Waals surface area (Å²) in [7, 11) is 3.15. The van der Waals surface area contributed by atoms with E-state index in [1.54, 1.807) is 38.5 Å². The van der Waals surface area contributed by atoms with Crippen molar-refractivity contribution in [3.8, 4) is 11.5 Å². The second kappa shape index (κ2) is 6.16. The summed E-state index contributed by atoms with van der Waals surface area (Å²) < 4.78 is 10.5.